The fraction of sp³-hybridized carbons (Fsp3) is 0.385. The standard InChI is InChI=1S/C13H18N4O4S/c1-9(2)17-22(18,19)14-8-12-15-13(16-21-12)10-4-6-11(20-3)7-5-10/h4-7,9,14,17H,8H2,1-3H3. The van der Waals surface area contributed by atoms with E-state index in [2.05, 4.69) is 19.6 Å². The van der Waals surface area contributed by atoms with Crippen LogP contribution in [0.25, 0.3) is 11.4 Å². The van der Waals surface area contributed by atoms with Crippen LogP contribution in [0.2, 0.25) is 0 Å². The Balaban J connectivity index is 2.02. The predicted molar refractivity (Wildman–Crippen MR) is 80.3 cm³/mol. The van der Waals surface area contributed by atoms with E-state index < -0.39 is 10.2 Å². The van der Waals surface area contributed by atoms with Gasteiger partial charge in [0.05, 0.1) is 13.7 Å². The Kier molecular flexibility index (Phi) is 5.11. The molecule has 9 heteroatoms. The molecule has 0 fully saturated rings. The van der Waals surface area contributed by atoms with Crippen molar-refractivity contribution in [3.63, 3.8) is 0 Å². The van der Waals surface area contributed by atoms with Crippen LogP contribution in [0.4, 0.5) is 0 Å². The topological polar surface area (TPSA) is 106 Å². The van der Waals surface area contributed by atoms with E-state index in [4.69, 9.17) is 9.26 Å². The fourth-order valence-corrected chi connectivity index (χ4v) is 2.71. The molecule has 0 radical (unpaired) electrons. The summed E-state index contributed by atoms with van der Waals surface area (Å²) in [4.78, 5) is 4.14. The number of nitrogens with one attached hydrogen (secondary N) is 2. The van der Waals surface area contributed by atoms with Crippen LogP contribution in [-0.2, 0) is 16.8 Å². The minimum Gasteiger partial charge on any atom is -0.497 e. The lowest BCUT2D eigenvalue weighted by Crippen LogP contribution is -2.39. The maximum atomic E-state index is 11.6. The Labute approximate surface area is 129 Å². The van der Waals surface area contributed by atoms with Crippen LogP contribution in [-0.4, -0.2) is 31.7 Å². The molecule has 0 aliphatic heterocycles. The highest BCUT2D eigenvalue weighted by molar-refractivity contribution is 7.87. The molecule has 0 saturated heterocycles. The third-order valence-corrected chi connectivity index (χ3v) is 3.93. The monoisotopic (exact) mass is 326 g/mol. The molecule has 1 aromatic carbocycles. The average Bonchev–Trinajstić information content (AvgIpc) is 2.93. The number of benzene rings is 1. The van der Waals surface area contributed by atoms with Gasteiger partial charge in [-0.05, 0) is 38.1 Å². The molecule has 0 bridgehead atoms. The van der Waals surface area contributed by atoms with E-state index in [9.17, 15) is 8.42 Å². The van der Waals surface area contributed by atoms with Crippen molar-refractivity contribution in [2.75, 3.05) is 7.11 Å². The van der Waals surface area contributed by atoms with Gasteiger partial charge < -0.3 is 9.26 Å². The van der Waals surface area contributed by atoms with Crippen LogP contribution in [0.5, 0.6) is 5.75 Å². The van der Waals surface area contributed by atoms with Crippen LogP contribution in [0.3, 0.4) is 0 Å². The van der Waals surface area contributed by atoms with Gasteiger partial charge in [-0.1, -0.05) is 5.16 Å². The zero-order valence-corrected chi connectivity index (χ0v) is 13.3. The summed E-state index contributed by atoms with van der Waals surface area (Å²) in [6.07, 6.45) is 0. The number of aromatic nitrogens is 2. The Morgan fingerprint density at radius 2 is 1.95 bits per heavy atom. The molecule has 0 unspecified atom stereocenters. The van der Waals surface area contributed by atoms with E-state index in [1.54, 1.807) is 45.2 Å². The minimum absolute atomic E-state index is 0.0782. The van der Waals surface area contributed by atoms with Crippen LogP contribution in [0.1, 0.15) is 19.7 Å². The SMILES string of the molecule is COc1ccc(-c2noc(CNS(=O)(=O)NC(C)C)n2)cc1. The highest BCUT2D eigenvalue weighted by Crippen LogP contribution is 2.19. The Morgan fingerprint density at radius 1 is 1.27 bits per heavy atom. The molecule has 1 heterocycles. The van der Waals surface area contributed by atoms with Crippen LogP contribution in [0.15, 0.2) is 28.8 Å². The lowest BCUT2D eigenvalue weighted by Gasteiger charge is -2.08. The third kappa shape index (κ3) is 4.52. The van der Waals surface area contributed by atoms with Gasteiger partial charge in [0.25, 0.3) is 10.2 Å². The van der Waals surface area contributed by atoms with Gasteiger partial charge in [-0.2, -0.15) is 22.8 Å². The molecule has 0 atom stereocenters. The van der Waals surface area contributed by atoms with E-state index in [1.165, 1.54) is 0 Å². The largest absolute Gasteiger partial charge is 0.497 e. The van der Waals surface area contributed by atoms with Gasteiger partial charge in [0.1, 0.15) is 5.75 Å². The van der Waals surface area contributed by atoms with Gasteiger partial charge in [-0.3, -0.25) is 0 Å². The Morgan fingerprint density at radius 3 is 2.55 bits per heavy atom. The fourth-order valence-electron chi connectivity index (χ4n) is 1.69. The van der Waals surface area contributed by atoms with E-state index >= 15 is 0 Å². The number of hydrogen-bond acceptors (Lipinski definition) is 6. The average molecular weight is 326 g/mol. The molecule has 2 N–H and O–H groups in total. The zero-order chi connectivity index (χ0) is 16.2. The summed E-state index contributed by atoms with van der Waals surface area (Å²) >= 11 is 0. The molecule has 120 valence electrons. The second-order valence-electron chi connectivity index (χ2n) is 4.84. The van der Waals surface area contributed by atoms with Gasteiger partial charge in [-0.15, -0.1) is 0 Å². The summed E-state index contributed by atoms with van der Waals surface area (Å²) in [7, 11) is -2.01. The predicted octanol–water partition coefficient (Wildman–Crippen LogP) is 1.08. The van der Waals surface area contributed by atoms with Crippen molar-refractivity contribution in [3.05, 3.63) is 30.2 Å². The molecule has 2 aromatic rings. The molecule has 0 aliphatic rings. The summed E-state index contributed by atoms with van der Waals surface area (Å²) in [5.74, 6) is 1.29. The molecule has 8 nitrogen and oxygen atoms in total. The molecule has 0 aliphatic carbocycles. The number of nitrogens with zero attached hydrogens (tertiary/aromatic N) is 2. The second kappa shape index (κ2) is 6.86. The lowest BCUT2D eigenvalue weighted by molar-refractivity contribution is 0.375. The molecule has 22 heavy (non-hydrogen) atoms. The highest BCUT2D eigenvalue weighted by Gasteiger charge is 2.14. The quantitative estimate of drug-likeness (QED) is 0.788. The highest BCUT2D eigenvalue weighted by atomic mass is 32.2. The van der Waals surface area contributed by atoms with Gasteiger partial charge in [-0.25, -0.2) is 0 Å². The smallest absolute Gasteiger partial charge is 0.277 e. The normalized spacial score (nSPS) is 11.8. The summed E-state index contributed by atoms with van der Waals surface area (Å²) in [5.41, 5.74) is 0.749. The van der Waals surface area contributed by atoms with Crippen LogP contribution in [0, 0.1) is 0 Å². The number of hydrogen-bond donors (Lipinski definition) is 2. The van der Waals surface area contributed by atoms with Gasteiger partial charge in [0.15, 0.2) is 0 Å². The molecule has 1 aromatic heterocycles. The molecule has 0 saturated carbocycles. The first-order valence-electron chi connectivity index (χ1n) is 6.63. The van der Waals surface area contributed by atoms with Crippen molar-refractivity contribution >= 4 is 10.2 Å². The molecular weight excluding hydrogens is 308 g/mol. The van der Waals surface area contributed by atoms with E-state index in [0.717, 1.165) is 11.3 Å². The maximum absolute atomic E-state index is 11.6. The summed E-state index contributed by atoms with van der Waals surface area (Å²) in [6, 6.07) is 6.94. The minimum atomic E-state index is -3.59. The molecule has 0 spiro atoms. The van der Waals surface area contributed by atoms with E-state index in [0.29, 0.717) is 5.82 Å². The van der Waals surface area contributed by atoms with Crippen molar-refractivity contribution in [1.29, 1.82) is 0 Å². The maximum Gasteiger partial charge on any atom is 0.277 e. The summed E-state index contributed by atoms with van der Waals surface area (Å²) in [5, 5.41) is 3.82. The molecular formula is C13H18N4O4S. The molecule has 2 rings (SSSR count). The summed E-state index contributed by atoms with van der Waals surface area (Å²) < 4.78 is 38.1. The summed E-state index contributed by atoms with van der Waals surface area (Å²) in [6.45, 7) is 3.38. The van der Waals surface area contributed by atoms with E-state index in [1.807, 2.05) is 0 Å². The second-order valence-corrected chi connectivity index (χ2v) is 6.37. The van der Waals surface area contributed by atoms with Gasteiger partial charge in [0, 0.05) is 11.6 Å². The Bertz CT molecular complexity index is 710. The third-order valence-electron chi connectivity index (χ3n) is 2.62. The first kappa shape index (κ1) is 16.4. The number of ether oxygens (including phenoxy) is 1. The van der Waals surface area contributed by atoms with Crippen molar-refractivity contribution < 1.29 is 17.7 Å². The zero-order valence-electron chi connectivity index (χ0n) is 12.5. The van der Waals surface area contributed by atoms with Crippen molar-refractivity contribution in [3.8, 4) is 17.1 Å². The van der Waals surface area contributed by atoms with Crippen molar-refractivity contribution in [1.82, 2.24) is 19.6 Å². The van der Waals surface area contributed by atoms with Gasteiger partial charge >= 0.3 is 0 Å². The number of rotatable bonds is 7. The Hall–Kier alpha value is -1.97. The first-order valence-corrected chi connectivity index (χ1v) is 8.12. The van der Waals surface area contributed by atoms with Crippen molar-refractivity contribution in [2.45, 2.75) is 26.4 Å². The van der Waals surface area contributed by atoms with Gasteiger partial charge in [0.2, 0.25) is 11.7 Å². The molecule has 0 amide bonds. The van der Waals surface area contributed by atoms with Crippen LogP contribution >= 0.6 is 0 Å². The number of methoxy groups -OCH3 is 1. The van der Waals surface area contributed by atoms with Crippen LogP contribution < -0.4 is 14.2 Å². The van der Waals surface area contributed by atoms with Crippen molar-refractivity contribution in [2.24, 2.45) is 0 Å². The lowest BCUT2D eigenvalue weighted by atomic mass is 10.2. The first-order chi connectivity index (χ1) is 10.4. The van der Waals surface area contributed by atoms with E-state index in [-0.39, 0.29) is 18.5 Å².